The number of carbonyl (C=O) groups excluding carboxylic acids is 1. The average molecular weight is 251 g/mol. The van der Waals surface area contributed by atoms with E-state index in [0.717, 1.165) is 25.7 Å². The van der Waals surface area contributed by atoms with Crippen LogP contribution in [0.2, 0.25) is 0 Å². The summed E-state index contributed by atoms with van der Waals surface area (Å²) in [6.07, 6.45) is -0.285. The summed E-state index contributed by atoms with van der Waals surface area (Å²) < 4.78 is 40.0. The summed E-state index contributed by atoms with van der Waals surface area (Å²) in [6.45, 7) is 2.18. The van der Waals surface area contributed by atoms with Gasteiger partial charge in [-0.05, 0) is 12.8 Å². The molecule has 0 aromatic carbocycles. The average Bonchev–Trinajstić information content (AvgIpc) is 2.74. The van der Waals surface area contributed by atoms with Gasteiger partial charge in [0, 0.05) is 12.6 Å². The second kappa shape index (κ2) is 5.93. The van der Waals surface area contributed by atoms with Crippen LogP contribution in [0.5, 0.6) is 0 Å². The summed E-state index contributed by atoms with van der Waals surface area (Å²) in [6, 6.07) is -0.0197. The van der Waals surface area contributed by atoms with Gasteiger partial charge < -0.3 is 9.64 Å². The molecule has 6 heteroatoms. The number of rotatable bonds is 4. The Morgan fingerprint density at radius 2 is 2.00 bits per heavy atom. The van der Waals surface area contributed by atoms with Gasteiger partial charge in [-0.25, -0.2) is 4.79 Å². The Hall–Kier alpha value is -1.20. The highest BCUT2D eigenvalue weighted by Crippen LogP contribution is 2.24. The Labute approximate surface area is 98.2 Å². The summed E-state index contributed by atoms with van der Waals surface area (Å²) >= 11 is 0. The number of amides is 1. The fourth-order valence-corrected chi connectivity index (χ4v) is 1.95. The lowest BCUT2D eigenvalue weighted by atomic mass is 10.2. The number of hydrogen-bond donors (Lipinski definition) is 0. The molecule has 1 aliphatic carbocycles. The second-order valence-electron chi connectivity index (χ2n) is 4.05. The Balaban J connectivity index is 2.51. The van der Waals surface area contributed by atoms with Crippen molar-refractivity contribution in [3.05, 3.63) is 12.7 Å². The van der Waals surface area contributed by atoms with E-state index in [1.165, 1.54) is 11.0 Å². The van der Waals surface area contributed by atoms with Gasteiger partial charge in [-0.1, -0.05) is 18.9 Å². The standard InChI is InChI=1S/C11H16F3NO2/c1-2-7-15(9-5-3-4-6-9)10(16)17-8-11(12,13)14/h2,9H,1,3-8H2. The normalized spacial score (nSPS) is 16.9. The lowest BCUT2D eigenvalue weighted by Crippen LogP contribution is -2.40. The summed E-state index contributed by atoms with van der Waals surface area (Å²) in [7, 11) is 0. The summed E-state index contributed by atoms with van der Waals surface area (Å²) in [4.78, 5) is 12.8. The highest BCUT2D eigenvalue weighted by molar-refractivity contribution is 5.68. The van der Waals surface area contributed by atoms with Crippen molar-refractivity contribution in [1.82, 2.24) is 4.90 Å². The smallest absolute Gasteiger partial charge is 0.422 e. The minimum Gasteiger partial charge on any atom is -0.440 e. The molecule has 1 rings (SSSR count). The molecule has 1 fully saturated rings. The van der Waals surface area contributed by atoms with Gasteiger partial charge in [-0.2, -0.15) is 13.2 Å². The third-order valence-electron chi connectivity index (χ3n) is 2.69. The van der Waals surface area contributed by atoms with Crippen LogP contribution in [0.25, 0.3) is 0 Å². The van der Waals surface area contributed by atoms with Crippen LogP contribution in [0.4, 0.5) is 18.0 Å². The maximum Gasteiger partial charge on any atom is 0.422 e. The van der Waals surface area contributed by atoms with E-state index >= 15 is 0 Å². The molecule has 0 heterocycles. The largest absolute Gasteiger partial charge is 0.440 e. The van der Waals surface area contributed by atoms with Crippen molar-refractivity contribution in [2.75, 3.05) is 13.2 Å². The third-order valence-corrected chi connectivity index (χ3v) is 2.69. The van der Waals surface area contributed by atoms with Crippen LogP contribution in [-0.4, -0.2) is 36.4 Å². The number of nitrogens with zero attached hydrogens (tertiary/aromatic N) is 1. The Bertz CT molecular complexity index is 272. The first-order valence-corrected chi connectivity index (χ1v) is 5.55. The van der Waals surface area contributed by atoms with Gasteiger partial charge >= 0.3 is 12.3 Å². The van der Waals surface area contributed by atoms with Gasteiger partial charge in [-0.3, -0.25) is 0 Å². The monoisotopic (exact) mass is 251 g/mol. The Morgan fingerprint density at radius 1 is 1.41 bits per heavy atom. The number of halogens is 3. The van der Waals surface area contributed by atoms with E-state index < -0.39 is 18.9 Å². The summed E-state index contributed by atoms with van der Waals surface area (Å²) in [5.74, 6) is 0. The van der Waals surface area contributed by atoms with Crippen molar-refractivity contribution in [3.8, 4) is 0 Å². The fraction of sp³-hybridized carbons (Fsp3) is 0.727. The molecule has 0 spiro atoms. The molecule has 0 unspecified atom stereocenters. The van der Waals surface area contributed by atoms with E-state index in [-0.39, 0.29) is 12.6 Å². The van der Waals surface area contributed by atoms with Crippen molar-refractivity contribution in [2.24, 2.45) is 0 Å². The summed E-state index contributed by atoms with van der Waals surface area (Å²) in [5.41, 5.74) is 0. The highest BCUT2D eigenvalue weighted by Gasteiger charge is 2.32. The van der Waals surface area contributed by atoms with Crippen LogP contribution in [0.3, 0.4) is 0 Å². The van der Waals surface area contributed by atoms with E-state index in [1.54, 1.807) is 0 Å². The van der Waals surface area contributed by atoms with Crippen LogP contribution < -0.4 is 0 Å². The SMILES string of the molecule is C=CCN(C(=O)OCC(F)(F)F)C1CCCC1. The maximum atomic E-state index is 11.9. The van der Waals surface area contributed by atoms with Gasteiger partial charge in [0.25, 0.3) is 0 Å². The predicted molar refractivity (Wildman–Crippen MR) is 56.6 cm³/mol. The molecule has 17 heavy (non-hydrogen) atoms. The van der Waals surface area contributed by atoms with E-state index in [4.69, 9.17) is 0 Å². The Kier molecular flexibility index (Phi) is 4.84. The molecule has 1 aliphatic rings. The lowest BCUT2D eigenvalue weighted by molar-refractivity contribution is -0.162. The van der Waals surface area contributed by atoms with Gasteiger partial charge in [0.15, 0.2) is 6.61 Å². The van der Waals surface area contributed by atoms with Crippen molar-refractivity contribution in [1.29, 1.82) is 0 Å². The third kappa shape index (κ3) is 4.66. The fourth-order valence-electron chi connectivity index (χ4n) is 1.95. The van der Waals surface area contributed by atoms with Crippen LogP contribution in [-0.2, 0) is 4.74 Å². The number of ether oxygens (including phenoxy) is 1. The molecule has 0 saturated heterocycles. The van der Waals surface area contributed by atoms with Crippen molar-refractivity contribution < 1.29 is 22.7 Å². The van der Waals surface area contributed by atoms with Crippen LogP contribution in [0.1, 0.15) is 25.7 Å². The minimum atomic E-state index is -4.48. The van der Waals surface area contributed by atoms with Gasteiger partial charge in [0.05, 0.1) is 0 Å². The van der Waals surface area contributed by atoms with E-state index in [2.05, 4.69) is 11.3 Å². The van der Waals surface area contributed by atoms with E-state index in [9.17, 15) is 18.0 Å². The first-order chi connectivity index (χ1) is 7.94. The van der Waals surface area contributed by atoms with Gasteiger partial charge in [0.1, 0.15) is 0 Å². The van der Waals surface area contributed by atoms with Gasteiger partial charge in [-0.15, -0.1) is 6.58 Å². The van der Waals surface area contributed by atoms with Crippen LogP contribution in [0, 0.1) is 0 Å². The molecule has 0 radical (unpaired) electrons. The number of alkyl halides is 3. The molecule has 0 aliphatic heterocycles. The zero-order valence-electron chi connectivity index (χ0n) is 9.50. The molecule has 0 N–H and O–H groups in total. The number of hydrogen-bond acceptors (Lipinski definition) is 2. The first-order valence-electron chi connectivity index (χ1n) is 5.55. The van der Waals surface area contributed by atoms with E-state index in [0.29, 0.717) is 0 Å². The molecular weight excluding hydrogens is 235 g/mol. The second-order valence-corrected chi connectivity index (χ2v) is 4.05. The molecule has 0 aromatic rings. The van der Waals surface area contributed by atoms with E-state index in [1.807, 2.05) is 0 Å². The zero-order chi connectivity index (χ0) is 12.9. The lowest BCUT2D eigenvalue weighted by Gasteiger charge is -2.27. The predicted octanol–water partition coefficient (Wildman–Crippen LogP) is 3.12. The zero-order valence-corrected chi connectivity index (χ0v) is 9.50. The molecular formula is C11H16F3NO2. The maximum absolute atomic E-state index is 11.9. The van der Waals surface area contributed by atoms with Crippen molar-refractivity contribution in [3.63, 3.8) is 0 Å². The minimum absolute atomic E-state index is 0.0197. The van der Waals surface area contributed by atoms with Crippen molar-refractivity contribution >= 4 is 6.09 Å². The van der Waals surface area contributed by atoms with Crippen LogP contribution in [0.15, 0.2) is 12.7 Å². The summed E-state index contributed by atoms with van der Waals surface area (Å²) in [5, 5.41) is 0. The molecule has 1 saturated carbocycles. The topological polar surface area (TPSA) is 29.5 Å². The highest BCUT2D eigenvalue weighted by atomic mass is 19.4. The molecule has 3 nitrogen and oxygen atoms in total. The molecule has 98 valence electrons. The molecule has 0 atom stereocenters. The van der Waals surface area contributed by atoms with Gasteiger partial charge in [0.2, 0.25) is 0 Å². The quantitative estimate of drug-likeness (QED) is 0.718. The first kappa shape index (κ1) is 13.9. The number of carbonyl (C=O) groups is 1. The Morgan fingerprint density at radius 3 is 2.47 bits per heavy atom. The van der Waals surface area contributed by atoms with Crippen LogP contribution >= 0.6 is 0 Å². The molecule has 0 bridgehead atoms. The molecule has 1 amide bonds. The van der Waals surface area contributed by atoms with Crippen molar-refractivity contribution in [2.45, 2.75) is 37.9 Å². The molecule has 0 aromatic heterocycles.